The molecule has 0 radical (unpaired) electrons. The number of nitrogens with two attached hydrogens (primary N) is 1. The van der Waals surface area contributed by atoms with Gasteiger partial charge in [-0.15, -0.1) is 0 Å². The van der Waals surface area contributed by atoms with Crippen molar-refractivity contribution in [3.05, 3.63) is 70.0 Å². The summed E-state index contributed by atoms with van der Waals surface area (Å²) < 4.78 is 12.9. The fourth-order valence-electron chi connectivity index (χ4n) is 1.71. The summed E-state index contributed by atoms with van der Waals surface area (Å²) in [5, 5.41) is 0.359. The number of aryl methyl sites for hydroxylation is 1. The van der Waals surface area contributed by atoms with Crippen LogP contribution < -0.4 is 5.73 Å². The molecule has 0 fully saturated rings. The van der Waals surface area contributed by atoms with Crippen LogP contribution in [0.1, 0.15) is 22.7 Å². The summed E-state index contributed by atoms with van der Waals surface area (Å²) in [4.78, 5) is 0. The number of rotatable bonds is 2. The van der Waals surface area contributed by atoms with Gasteiger partial charge in [-0.2, -0.15) is 0 Å². The molecule has 0 spiro atoms. The van der Waals surface area contributed by atoms with Crippen LogP contribution in [-0.2, 0) is 0 Å². The van der Waals surface area contributed by atoms with Crippen LogP contribution in [0, 0.1) is 12.7 Å². The van der Waals surface area contributed by atoms with Crippen LogP contribution in [0.4, 0.5) is 4.39 Å². The van der Waals surface area contributed by atoms with Crippen LogP contribution in [0.2, 0.25) is 5.02 Å². The molecule has 2 N–H and O–H groups in total. The van der Waals surface area contributed by atoms with Crippen molar-refractivity contribution in [2.24, 2.45) is 5.73 Å². The van der Waals surface area contributed by atoms with Gasteiger partial charge in [-0.05, 0) is 30.2 Å². The molecule has 1 nitrogen and oxygen atoms in total. The Bertz CT molecular complexity index is 522. The highest BCUT2D eigenvalue weighted by Gasteiger charge is 2.12. The molecule has 0 heterocycles. The minimum atomic E-state index is -0.352. The highest BCUT2D eigenvalue weighted by Crippen LogP contribution is 2.27. The van der Waals surface area contributed by atoms with Crippen LogP contribution in [0.5, 0.6) is 0 Å². The fourth-order valence-corrected chi connectivity index (χ4v) is 1.99. The van der Waals surface area contributed by atoms with Gasteiger partial charge in [0.2, 0.25) is 0 Å². The number of hydrogen-bond acceptors (Lipinski definition) is 1. The Morgan fingerprint density at radius 2 is 1.76 bits per heavy atom. The van der Waals surface area contributed by atoms with Crippen molar-refractivity contribution < 1.29 is 4.39 Å². The quantitative estimate of drug-likeness (QED) is 0.860. The summed E-state index contributed by atoms with van der Waals surface area (Å²) in [6, 6.07) is 11.9. The Labute approximate surface area is 105 Å². The van der Waals surface area contributed by atoms with Gasteiger partial charge < -0.3 is 5.73 Å². The summed E-state index contributed by atoms with van der Waals surface area (Å²) in [5.74, 6) is -0.352. The first kappa shape index (κ1) is 12.1. The van der Waals surface area contributed by atoms with Gasteiger partial charge in [0.15, 0.2) is 0 Å². The third-order valence-corrected chi connectivity index (χ3v) is 3.06. The van der Waals surface area contributed by atoms with Gasteiger partial charge in [0.05, 0.1) is 6.04 Å². The van der Waals surface area contributed by atoms with E-state index in [0.29, 0.717) is 5.02 Å². The lowest BCUT2D eigenvalue weighted by molar-refractivity contribution is 0.626. The smallest absolute Gasteiger partial charge is 0.124 e. The molecule has 2 aromatic carbocycles. The van der Waals surface area contributed by atoms with E-state index in [9.17, 15) is 4.39 Å². The topological polar surface area (TPSA) is 26.0 Å². The van der Waals surface area contributed by atoms with Crippen LogP contribution in [0.3, 0.4) is 0 Å². The van der Waals surface area contributed by atoms with E-state index < -0.39 is 0 Å². The molecule has 0 bridgehead atoms. The Balaban J connectivity index is 2.36. The zero-order valence-electron chi connectivity index (χ0n) is 9.45. The lowest BCUT2D eigenvalue weighted by Gasteiger charge is -2.14. The van der Waals surface area contributed by atoms with Gasteiger partial charge in [-0.3, -0.25) is 0 Å². The zero-order valence-corrected chi connectivity index (χ0v) is 10.2. The average molecular weight is 250 g/mol. The van der Waals surface area contributed by atoms with E-state index in [1.807, 2.05) is 31.2 Å². The standard InChI is InChI=1S/C14H13ClFN/c1-9-2-4-10(5-3-9)14(17)12-7-6-11(16)8-13(12)15/h2-8,14H,17H2,1H3/t14-/m1/s1. The Kier molecular flexibility index (Phi) is 3.46. The molecule has 0 saturated carbocycles. The van der Waals surface area contributed by atoms with Gasteiger partial charge in [-0.1, -0.05) is 47.5 Å². The predicted molar refractivity (Wildman–Crippen MR) is 68.6 cm³/mol. The van der Waals surface area contributed by atoms with Gasteiger partial charge in [0.25, 0.3) is 0 Å². The number of halogens is 2. The molecule has 0 aliphatic carbocycles. The third-order valence-electron chi connectivity index (χ3n) is 2.73. The predicted octanol–water partition coefficient (Wildman–Crippen LogP) is 3.84. The second kappa shape index (κ2) is 4.86. The zero-order chi connectivity index (χ0) is 12.4. The monoisotopic (exact) mass is 249 g/mol. The summed E-state index contributed by atoms with van der Waals surface area (Å²) in [6.45, 7) is 2.01. The molecule has 88 valence electrons. The Morgan fingerprint density at radius 1 is 1.12 bits per heavy atom. The minimum absolute atomic E-state index is 0.330. The number of benzene rings is 2. The Morgan fingerprint density at radius 3 is 2.35 bits per heavy atom. The molecule has 3 heteroatoms. The summed E-state index contributed by atoms with van der Waals surface area (Å²) in [7, 11) is 0. The van der Waals surface area contributed by atoms with Gasteiger partial charge in [0, 0.05) is 5.02 Å². The molecule has 17 heavy (non-hydrogen) atoms. The van der Waals surface area contributed by atoms with Crippen molar-refractivity contribution in [2.75, 3.05) is 0 Å². The first-order valence-electron chi connectivity index (χ1n) is 5.35. The van der Waals surface area contributed by atoms with Crippen molar-refractivity contribution in [2.45, 2.75) is 13.0 Å². The minimum Gasteiger partial charge on any atom is -0.320 e. The summed E-state index contributed by atoms with van der Waals surface area (Å²) in [5.41, 5.74) is 8.98. The SMILES string of the molecule is Cc1ccc([C@@H](N)c2ccc(F)cc2Cl)cc1. The normalized spacial score (nSPS) is 12.5. The van der Waals surface area contributed by atoms with Crippen molar-refractivity contribution >= 4 is 11.6 Å². The van der Waals surface area contributed by atoms with Gasteiger partial charge in [-0.25, -0.2) is 4.39 Å². The molecule has 0 aliphatic heterocycles. The molecule has 0 aliphatic rings. The van der Waals surface area contributed by atoms with Crippen molar-refractivity contribution in [3.8, 4) is 0 Å². The van der Waals surface area contributed by atoms with Crippen molar-refractivity contribution in [3.63, 3.8) is 0 Å². The molecule has 0 unspecified atom stereocenters. The second-order valence-electron chi connectivity index (χ2n) is 4.05. The summed E-state index contributed by atoms with van der Waals surface area (Å²) in [6.07, 6.45) is 0. The lowest BCUT2D eigenvalue weighted by Crippen LogP contribution is -2.12. The molecule has 1 atom stereocenters. The molecule has 0 amide bonds. The molecular weight excluding hydrogens is 237 g/mol. The maximum absolute atomic E-state index is 12.9. The van der Waals surface area contributed by atoms with E-state index in [1.165, 1.54) is 17.7 Å². The maximum Gasteiger partial charge on any atom is 0.124 e. The molecule has 2 aromatic rings. The van der Waals surface area contributed by atoms with Crippen LogP contribution in [0.15, 0.2) is 42.5 Å². The van der Waals surface area contributed by atoms with E-state index in [4.69, 9.17) is 17.3 Å². The largest absolute Gasteiger partial charge is 0.320 e. The van der Waals surface area contributed by atoms with Gasteiger partial charge in [0.1, 0.15) is 5.82 Å². The van der Waals surface area contributed by atoms with E-state index in [-0.39, 0.29) is 11.9 Å². The van der Waals surface area contributed by atoms with E-state index in [1.54, 1.807) is 6.07 Å². The lowest BCUT2D eigenvalue weighted by atomic mass is 9.99. The van der Waals surface area contributed by atoms with Crippen LogP contribution >= 0.6 is 11.6 Å². The van der Waals surface area contributed by atoms with E-state index >= 15 is 0 Å². The molecule has 2 rings (SSSR count). The van der Waals surface area contributed by atoms with E-state index in [0.717, 1.165) is 11.1 Å². The molecule has 0 saturated heterocycles. The Hall–Kier alpha value is -1.38. The highest BCUT2D eigenvalue weighted by atomic mass is 35.5. The van der Waals surface area contributed by atoms with Crippen molar-refractivity contribution in [1.29, 1.82) is 0 Å². The van der Waals surface area contributed by atoms with Crippen LogP contribution in [-0.4, -0.2) is 0 Å². The molecule has 0 aromatic heterocycles. The average Bonchev–Trinajstić information content (AvgIpc) is 2.29. The van der Waals surface area contributed by atoms with E-state index in [2.05, 4.69) is 0 Å². The van der Waals surface area contributed by atoms with Crippen molar-refractivity contribution in [1.82, 2.24) is 0 Å². The maximum atomic E-state index is 12.9. The fraction of sp³-hybridized carbons (Fsp3) is 0.143. The van der Waals surface area contributed by atoms with Gasteiger partial charge >= 0.3 is 0 Å². The summed E-state index contributed by atoms with van der Waals surface area (Å²) >= 11 is 5.99. The number of hydrogen-bond donors (Lipinski definition) is 1. The second-order valence-corrected chi connectivity index (χ2v) is 4.46. The van der Waals surface area contributed by atoms with Crippen LogP contribution in [0.25, 0.3) is 0 Å². The third kappa shape index (κ3) is 2.65. The first-order valence-corrected chi connectivity index (χ1v) is 5.73. The first-order chi connectivity index (χ1) is 8.08. The highest BCUT2D eigenvalue weighted by molar-refractivity contribution is 6.31. The molecular formula is C14H13ClFN.